The topological polar surface area (TPSA) is 127 Å². The lowest BCUT2D eigenvalue weighted by Crippen LogP contribution is -2.31. The highest BCUT2D eigenvalue weighted by Crippen LogP contribution is 2.36. The average Bonchev–Trinajstić information content (AvgIpc) is 3.29. The van der Waals surface area contributed by atoms with Crippen LogP contribution in [0.3, 0.4) is 0 Å². The standard InChI is InChI=1S/C12H18N4O4S/c1-14-21(19,20)9-4-5-10(12(6-9)16(17)18)15-11(7-13)8-2-3-8/h4-6,8,11,14-15H,2-3,7,13H2,1H3. The first-order valence-electron chi connectivity index (χ1n) is 6.57. The van der Waals surface area contributed by atoms with E-state index in [9.17, 15) is 18.5 Å². The molecule has 116 valence electrons. The minimum atomic E-state index is -3.72. The molecule has 0 heterocycles. The minimum Gasteiger partial charge on any atom is -0.375 e. The van der Waals surface area contributed by atoms with E-state index in [4.69, 9.17) is 5.73 Å². The molecule has 2 rings (SSSR count). The molecule has 9 heteroatoms. The Morgan fingerprint density at radius 3 is 2.62 bits per heavy atom. The largest absolute Gasteiger partial charge is 0.375 e. The first-order chi connectivity index (χ1) is 9.89. The van der Waals surface area contributed by atoms with Crippen molar-refractivity contribution in [3.8, 4) is 0 Å². The normalized spacial score (nSPS) is 16.5. The lowest BCUT2D eigenvalue weighted by molar-refractivity contribution is -0.384. The van der Waals surface area contributed by atoms with Crippen molar-refractivity contribution in [2.24, 2.45) is 11.7 Å². The van der Waals surface area contributed by atoms with Gasteiger partial charge in [-0.15, -0.1) is 0 Å². The van der Waals surface area contributed by atoms with Crippen LogP contribution in [0.4, 0.5) is 11.4 Å². The Kier molecular flexibility index (Phi) is 4.45. The monoisotopic (exact) mass is 314 g/mol. The highest BCUT2D eigenvalue weighted by molar-refractivity contribution is 7.89. The number of nitro benzene ring substituents is 1. The molecule has 1 aliphatic carbocycles. The Morgan fingerprint density at radius 1 is 1.48 bits per heavy atom. The molecule has 0 bridgehead atoms. The molecule has 21 heavy (non-hydrogen) atoms. The predicted octanol–water partition coefficient (Wildman–Crippen LogP) is 0.652. The molecule has 1 saturated carbocycles. The fourth-order valence-corrected chi connectivity index (χ4v) is 2.89. The number of rotatable bonds is 7. The number of hydrogen-bond donors (Lipinski definition) is 3. The molecule has 0 aliphatic heterocycles. The number of anilines is 1. The molecule has 8 nitrogen and oxygen atoms in total. The quantitative estimate of drug-likeness (QED) is 0.501. The molecule has 1 aromatic rings. The smallest absolute Gasteiger partial charge is 0.293 e. The van der Waals surface area contributed by atoms with Crippen molar-refractivity contribution < 1.29 is 13.3 Å². The first kappa shape index (κ1) is 15.7. The molecule has 1 aliphatic rings. The number of sulfonamides is 1. The van der Waals surface area contributed by atoms with E-state index < -0.39 is 14.9 Å². The van der Waals surface area contributed by atoms with E-state index in [1.807, 2.05) is 0 Å². The minimum absolute atomic E-state index is 0.0320. The van der Waals surface area contributed by atoms with Crippen LogP contribution in [0.1, 0.15) is 12.8 Å². The Balaban J connectivity index is 2.35. The summed E-state index contributed by atoms with van der Waals surface area (Å²) in [6.45, 7) is 0.373. The van der Waals surface area contributed by atoms with E-state index in [0.29, 0.717) is 12.5 Å². The molecule has 0 saturated heterocycles. The van der Waals surface area contributed by atoms with Crippen LogP contribution in [0.15, 0.2) is 23.1 Å². The van der Waals surface area contributed by atoms with E-state index in [2.05, 4.69) is 10.0 Å². The zero-order valence-corrected chi connectivity index (χ0v) is 12.4. The molecular formula is C12H18N4O4S. The summed E-state index contributed by atoms with van der Waals surface area (Å²) in [5, 5.41) is 14.2. The lowest BCUT2D eigenvalue weighted by atomic mass is 10.1. The van der Waals surface area contributed by atoms with Gasteiger partial charge in [0.05, 0.1) is 9.82 Å². The summed E-state index contributed by atoms with van der Waals surface area (Å²) in [5.41, 5.74) is 5.69. The van der Waals surface area contributed by atoms with Crippen LogP contribution >= 0.6 is 0 Å². The number of nitrogens with one attached hydrogen (secondary N) is 2. The summed E-state index contributed by atoms with van der Waals surface area (Å²) in [6.07, 6.45) is 2.10. The van der Waals surface area contributed by atoms with Crippen molar-refractivity contribution in [3.63, 3.8) is 0 Å². The summed E-state index contributed by atoms with van der Waals surface area (Å²) in [7, 11) is -2.46. The Hall–Kier alpha value is -1.71. The number of hydrogen-bond acceptors (Lipinski definition) is 6. The molecule has 0 radical (unpaired) electrons. The van der Waals surface area contributed by atoms with Gasteiger partial charge in [0.25, 0.3) is 5.69 Å². The van der Waals surface area contributed by atoms with E-state index in [1.165, 1.54) is 19.2 Å². The fourth-order valence-electron chi connectivity index (χ4n) is 2.14. The van der Waals surface area contributed by atoms with Gasteiger partial charge in [-0.3, -0.25) is 10.1 Å². The second-order valence-electron chi connectivity index (χ2n) is 4.97. The van der Waals surface area contributed by atoms with Gasteiger partial charge >= 0.3 is 0 Å². The van der Waals surface area contributed by atoms with Crippen LogP contribution in [-0.2, 0) is 10.0 Å². The van der Waals surface area contributed by atoms with Gasteiger partial charge in [0.1, 0.15) is 5.69 Å². The van der Waals surface area contributed by atoms with Crippen molar-refractivity contribution >= 4 is 21.4 Å². The zero-order chi connectivity index (χ0) is 15.6. The van der Waals surface area contributed by atoms with Gasteiger partial charge in [0, 0.05) is 18.7 Å². The van der Waals surface area contributed by atoms with E-state index >= 15 is 0 Å². The lowest BCUT2D eigenvalue weighted by Gasteiger charge is -2.17. The summed E-state index contributed by atoms with van der Waals surface area (Å²) in [5.74, 6) is 0.426. The highest BCUT2D eigenvalue weighted by atomic mass is 32.2. The third kappa shape index (κ3) is 3.49. The van der Waals surface area contributed by atoms with Crippen molar-refractivity contribution in [2.75, 3.05) is 18.9 Å². The molecular weight excluding hydrogens is 296 g/mol. The van der Waals surface area contributed by atoms with E-state index in [1.54, 1.807) is 0 Å². The van der Waals surface area contributed by atoms with Gasteiger partial charge in [0.2, 0.25) is 10.0 Å². The fraction of sp³-hybridized carbons (Fsp3) is 0.500. The van der Waals surface area contributed by atoms with E-state index in [0.717, 1.165) is 18.9 Å². The maximum absolute atomic E-state index is 11.7. The average molecular weight is 314 g/mol. The number of nitrogens with two attached hydrogens (primary N) is 1. The van der Waals surface area contributed by atoms with Crippen LogP contribution in [0.25, 0.3) is 0 Å². The highest BCUT2D eigenvalue weighted by Gasteiger charge is 2.31. The molecule has 0 amide bonds. The summed E-state index contributed by atoms with van der Waals surface area (Å²) in [6, 6.07) is 3.76. The van der Waals surface area contributed by atoms with Crippen LogP contribution in [0.5, 0.6) is 0 Å². The molecule has 1 fully saturated rings. The van der Waals surface area contributed by atoms with Gasteiger partial charge in [-0.25, -0.2) is 13.1 Å². The molecule has 1 aromatic carbocycles. The van der Waals surface area contributed by atoms with E-state index in [-0.39, 0.29) is 22.3 Å². The van der Waals surface area contributed by atoms with Gasteiger partial charge in [-0.1, -0.05) is 0 Å². The summed E-state index contributed by atoms with van der Waals surface area (Å²) < 4.78 is 25.6. The van der Waals surface area contributed by atoms with Crippen LogP contribution in [0, 0.1) is 16.0 Å². The van der Waals surface area contributed by atoms with Gasteiger partial charge in [-0.2, -0.15) is 0 Å². The van der Waals surface area contributed by atoms with Crippen molar-refractivity contribution in [1.82, 2.24) is 4.72 Å². The second-order valence-corrected chi connectivity index (χ2v) is 6.85. The van der Waals surface area contributed by atoms with Crippen molar-refractivity contribution in [1.29, 1.82) is 0 Å². The number of nitrogens with zero attached hydrogens (tertiary/aromatic N) is 1. The summed E-state index contributed by atoms with van der Waals surface area (Å²) >= 11 is 0. The molecule has 4 N–H and O–H groups in total. The van der Waals surface area contributed by atoms with Crippen LogP contribution in [-0.4, -0.2) is 33.0 Å². The molecule has 1 atom stereocenters. The summed E-state index contributed by atoms with van der Waals surface area (Å²) in [4.78, 5) is 10.4. The second kappa shape index (κ2) is 5.96. The number of benzene rings is 1. The Bertz CT molecular complexity index is 643. The SMILES string of the molecule is CNS(=O)(=O)c1ccc(NC(CN)C2CC2)c([N+](=O)[O-])c1. The molecule has 0 spiro atoms. The third-order valence-corrected chi connectivity index (χ3v) is 4.94. The zero-order valence-electron chi connectivity index (χ0n) is 11.6. The Labute approximate surface area is 122 Å². The van der Waals surface area contributed by atoms with Gasteiger partial charge in [0.15, 0.2) is 0 Å². The predicted molar refractivity (Wildman–Crippen MR) is 78.5 cm³/mol. The van der Waals surface area contributed by atoms with Gasteiger partial charge < -0.3 is 11.1 Å². The van der Waals surface area contributed by atoms with Crippen LogP contribution in [0.2, 0.25) is 0 Å². The molecule has 0 aromatic heterocycles. The first-order valence-corrected chi connectivity index (χ1v) is 8.06. The van der Waals surface area contributed by atoms with Crippen LogP contribution < -0.4 is 15.8 Å². The Morgan fingerprint density at radius 2 is 2.14 bits per heavy atom. The van der Waals surface area contributed by atoms with Crippen molar-refractivity contribution in [2.45, 2.75) is 23.8 Å². The maximum atomic E-state index is 11.7. The third-order valence-electron chi connectivity index (χ3n) is 3.53. The number of nitro groups is 1. The van der Waals surface area contributed by atoms with Crippen molar-refractivity contribution in [3.05, 3.63) is 28.3 Å². The van der Waals surface area contributed by atoms with Gasteiger partial charge in [-0.05, 0) is 37.9 Å². The molecule has 1 unspecified atom stereocenters. The maximum Gasteiger partial charge on any atom is 0.293 e.